The molecule has 0 radical (unpaired) electrons. The second kappa shape index (κ2) is 14.2. The van der Waals surface area contributed by atoms with Crippen LogP contribution in [0.2, 0.25) is 0 Å². The van der Waals surface area contributed by atoms with Gasteiger partial charge in [-0.15, -0.1) is 0 Å². The first-order chi connectivity index (χ1) is 26.9. The van der Waals surface area contributed by atoms with Crippen LogP contribution in [0.1, 0.15) is 113 Å². The van der Waals surface area contributed by atoms with Gasteiger partial charge in [0.2, 0.25) is 0 Å². The van der Waals surface area contributed by atoms with Crippen molar-refractivity contribution in [2.24, 2.45) is 44.8 Å². The molecule has 3 heterocycles. The number of aliphatic hydroxyl groups excluding tert-OH is 7. The molecule has 332 valence electrons. The summed E-state index contributed by atoms with van der Waals surface area (Å²) < 4.78 is 37.8. The van der Waals surface area contributed by atoms with Gasteiger partial charge in [0, 0.05) is 12.8 Å². The molecule has 8 fully saturated rings. The number of ether oxygens (including phenoxy) is 6. The van der Waals surface area contributed by atoms with Gasteiger partial charge in [-0.05, 0) is 117 Å². The van der Waals surface area contributed by atoms with Gasteiger partial charge in [-0.1, -0.05) is 27.7 Å². The molecule has 8 aliphatic rings. The van der Waals surface area contributed by atoms with Crippen LogP contribution in [0.4, 0.5) is 0 Å². The molecule has 0 amide bonds. The summed E-state index contributed by atoms with van der Waals surface area (Å²) in [5, 5.41) is 87.3. The Morgan fingerprint density at radius 1 is 0.793 bits per heavy atom. The fraction of sp³-hybridized carbons (Fsp3) is 0.977. The number of aliphatic hydroxyl groups is 8. The van der Waals surface area contributed by atoms with Gasteiger partial charge in [0.05, 0.1) is 48.8 Å². The molecule has 58 heavy (non-hydrogen) atoms. The molecule has 8 rings (SSSR count). The summed E-state index contributed by atoms with van der Waals surface area (Å²) in [5.41, 5.74) is -3.32. The Morgan fingerprint density at radius 3 is 2.14 bits per heavy atom. The molecule has 8 N–H and O–H groups in total. The first-order valence-electron chi connectivity index (χ1n) is 21.8. The molecular weight excluding hydrogens is 756 g/mol. The topological polar surface area (TPSA) is 234 Å². The van der Waals surface area contributed by atoms with Crippen LogP contribution in [-0.2, 0) is 33.2 Å². The van der Waals surface area contributed by atoms with Gasteiger partial charge in [0.15, 0.2) is 18.7 Å². The average molecular weight is 827 g/mol. The minimum atomic E-state index is -1.62. The van der Waals surface area contributed by atoms with Crippen LogP contribution < -0.4 is 0 Å². The summed E-state index contributed by atoms with van der Waals surface area (Å²) in [6.45, 7) is 15.0. The average Bonchev–Trinajstić information content (AvgIpc) is 3.50. The molecule has 5 saturated carbocycles. The number of carbonyl (C=O) groups is 1. The molecule has 15 heteroatoms. The van der Waals surface area contributed by atoms with Gasteiger partial charge in [-0.25, -0.2) is 0 Å². The predicted octanol–water partition coefficient (Wildman–Crippen LogP) is 1.29. The van der Waals surface area contributed by atoms with E-state index in [-0.39, 0.29) is 52.1 Å². The van der Waals surface area contributed by atoms with Gasteiger partial charge < -0.3 is 69.3 Å². The molecule has 0 aromatic rings. The zero-order valence-electron chi connectivity index (χ0n) is 35.5. The van der Waals surface area contributed by atoms with Crippen molar-refractivity contribution in [3.8, 4) is 0 Å². The number of carbonyl (C=O) groups excluding carboxylic acids is 1. The zero-order valence-corrected chi connectivity index (χ0v) is 35.5. The Kier molecular flexibility index (Phi) is 10.7. The zero-order chi connectivity index (χ0) is 42.3. The van der Waals surface area contributed by atoms with Crippen LogP contribution >= 0.6 is 0 Å². The summed E-state index contributed by atoms with van der Waals surface area (Å²) in [4.78, 5) is 12.1. The Labute approximate surface area is 341 Å². The molecule has 0 bridgehead atoms. The summed E-state index contributed by atoms with van der Waals surface area (Å²) in [6, 6.07) is 0. The molecular formula is C43H70O15. The van der Waals surface area contributed by atoms with Crippen LogP contribution in [0.25, 0.3) is 0 Å². The highest BCUT2D eigenvalue weighted by atomic mass is 16.7. The van der Waals surface area contributed by atoms with Gasteiger partial charge >= 0.3 is 5.97 Å². The first-order valence-corrected chi connectivity index (χ1v) is 21.8. The number of esters is 1. The second-order valence-corrected chi connectivity index (χ2v) is 21.6. The van der Waals surface area contributed by atoms with E-state index in [1.54, 1.807) is 13.8 Å². The highest BCUT2D eigenvalue weighted by molar-refractivity contribution is 5.66. The molecule has 2 spiro atoms. The number of rotatable bonds is 8. The molecule has 0 aromatic heterocycles. The number of hydrogen-bond acceptors (Lipinski definition) is 15. The lowest BCUT2D eigenvalue weighted by Gasteiger charge is -2.65. The van der Waals surface area contributed by atoms with E-state index in [1.807, 2.05) is 0 Å². The monoisotopic (exact) mass is 826 g/mol. The lowest BCUT2D eigenvalue weighted by Crippen LogP contribution is -2.65. The largest absolute Gasteiger partial charge is 0.454 e. The van der Waals surface area contributed by atoms with E-state index in [0.717, 1.165) is 32.1 Å². The fourth-order valence-corrected chi connectivity index (χ4v) is 15.2. The minimum absolute atomic E-state index is 0.0829. The number of hydrogen-bond donors (Lipinski definition) is 8. The van der Waals surface area contributed by atoms with E-state index >= 15 is 0 Å². The molecule has 3 aliphatic heterocycles. The Bertz CT molecular complexity index is 1570. The standard InChI is InChI=1S/C43H70O15/c1-20(45)54-32-28(48)22(47)18-53-36(32)57-26-10-12-43-19-42(43)14-13-39(6)33(41(8)11-9-27(58-41)38(4,5)52)21(46)16-40(39,7)25(42)15-23(34(43)37(26,2)3)55-35-31(51)30(50)29(49)24(17-44)56-35/h21-36,44,46-52H,9-19H2,1-8H3. The smallest absolute Gasteiger partial charge is 0.303 e. The van der Waals surface area contributed by atoms with Crippen molar-refractivity contribution in [1.29, 1.82) is 0 Å². The van der Waals surface area contributed by atoms with E-state index in [9.17, 15) is 45.6 Å². The van der Waals surface area contributed by atoms with Crippen molar-refractivity contribution in [3.05, 3.63) is 0 Å². The van der Waals surface area contributed by atoms with Crippen LogP contribution in [0, 0.1) is 44.8 Å². The Balaban J connectivity index is 1.15. The molecule has 15 nitrogen and oxygen atoms in total. The van der Waals surface area contributed by atoms with Crippen molar-refractivity contribution < 1.29 is 74.1 Å². The lowest BCUT2D eigenvalue weighted by molar-refractivity contribution is -0.339. The molecule has 3 saturated heterocycles. The predicted molar refractivity (Wildman–Crippen MR) is 203 cm³/mol. The summed E-state index contributed by atoms with van der Waals surface area (Å²) in [7, 11) is 0. The van der Waals surface area contributed by atoms with E-state index in [4.69, 9.17) is 28.4 Å². The van der Waals surface area contributed by atoms with E-state index in [1.165, 1.54) is 6.92 Å². The first kappa shape index (κ1) is 43.6. The van der Waals surface area contributed by atoms with Crippen molar-refractivity contribution >= 4 is 5.97 Å². The van der Waals surface area contributed by atoms with Crippen molar-refractivity contribution in [2.45, 2.75) is 204 Å². The third-order valence-corrected chi connectivity index (χ3v) is 17.9. The summed E-state index contributed by atoms with van der Waals surface area (Å²) >= 11 is 0. The maximum absolute atomic E-state index is 12.2. The highest BCUT2D eigenvalue weighted by Gasteiger charge is 2.85. The molecule has 21 unspecified atom stereocenters. The quantitative estimate of drug-likeness (QED) is 0.127. The maximum atomic E-state index is 12.2. The summed E-state index contributed by atoms with van der Waals surface area (Å²) in [6.07, 6.45) is -7.66. The van der Waals surface area contributed by atoms with Crippen LogP contribution in [0.15, 0.2) is 0 Å². The fourth-order valence-electron chi connectivity index (χ4n) is 15.2. The Morgan fingerprint density at radius 2 is 1.50 bits per heavy atom. The molecule has 0 aromatic carbocycles. The molecule has 21 atom stereocenters. The van der Waals surface area contributed by atoms with Crippen molar-refractivity contribution in [3.63, 3.8) is 0 Å². The molecule has 5 aliphatic carbocycles. The number of fused-ring (bicyclic) bond motifs is 2. The minimum Gasteiger partial charge on any atom is -0.454 e. The normalized spacial score (nSPS) is 56.1. The van der Waals surface area contributed by atoms with Crippen LogP contribution in [0.5, 0.6) is 0 Å². The highest BCUT2D eigenvalue weighted by Crippen LogP contribution is 2.89. The van der Waals surface area contributed by atoms with Crippen molar-refractivity contribution in [2.75, 3.05) is 13.2 Å². The lowest BCUT2D eigenvalue weighted by atomic mass is 9.41. The van der Waals surface area contributed by atoms with E-state index < -0.39 is 103 Å². The second-order valence-electron chi connectivity index (χ2n) is 21.6. The maximum Gasteiger partial charge on any atom is 0.303 e. The third-order valence-electron chi connectivity index (χ3n) is 17.9. The van der Waals surface area contributed by atoms with Gasteiger partial charge in [0.1, 0.15) is 36.6 Å². The van der Waals surface area contributed by atoms with E-state index in [2.05, 4.69) is 34.6 Å². The third kappa shape index (κ3) is 6.17. The van der Waals surface area contributed by atoms with Gasteiger partial charge in [0.25, 0.3) is 0 Å². The Hall–Kier alpha value is -1.05. The van der Waals surface area contributed by atoms with Crippen molar-refractivity contribution in [1.82, 2.24) is 0 Å². The van der Waals surface area contributed by atoms with Crippen LogP contribution in [0.3, 0.4) is 0 Å². The van der Waals surface area contributed by atoms with Crippen LogP contribution in [-0.4, -0.2) is 151 Å². The summed E-state index contributed by atoms with van der Waals surface area (Å²) in [5.74, 6) is -0.931. The van der Waals surface area contributed by atoms with Gasteiger partial charge in [-0.3, -0.25) is 4.79 Å². The van der Waals surface area contributed by atoms with Gasteiger partial charge in [-0.2, -0.15) is 0 Å². The van der Waals surface area contributed by atoms with E-state index in [0.29, 0.717) is 25.7 Å². The SMILES string of the molecule is CC(=O)OC1C(OC2CCC34CC35CCC3(C)C(C6(C)CCC(C(C)(C)O)O6)C(O)CC3(C)C5CC(OC3OC(CO)C(O)C(O)C3O)C4C2(C)C)OCC(O)C1O.